The normalized spacial score (nSPS) is 19.6. The summed E-state index contributed by atoms with van der Waals surface area (Å²) in [5.41, 5.74) is 3.99. The van der Waals surface area contributed by atoms with E-state index in [0.717, 1.165) is 24.0 Å². The number of imide groups is 1. The summed E-state index contributed by atoms with van der Waals surface area (Å²) < 4.78 is 4.37. The van der Waals surface area contributed by atoms with E-state index in [2.05, 4.69) is 10.8 Å². The van der Waals surface area contributed by atoms with Crippen LogP contribution in [0.1, 0.15) is 50.2 Å². The third kappa shape index (κ3) is 8.19. The minimum Gasteiger partial charge on any atom is -0.456 e. The quantitative estimate of drug-likeness (QED) is 0.152. The van der Waals surface area contributed by atoms with Crippen molar-refractivity contribution < 1.29 is 38.3 Å². The molecule has 3 rings (SSSR count). The number of nitrogens with zero attached hydrogens (tertiary/aromatic N) is 1. The van der Waals surface area contributed by atoms with Gasteiger partial charge in [-0.1, -0.05) is 86.8 Å². The highest BCUT2D eigenvalue weighted by molar-refractivity contribution is 5.90. The van der Waals surface area contributed by atoms with Gasteiger partial charge in [-0.3, -0.25) is 9.63 Å². The molecule has 2 aromatic rings. The number of hydrogen-bond acceptors (Lipinski definition) is 7. The Morgan fingerprint density at radius 3 is 2.26 bits per heavy atom. The van der Waals surface area contributed by atoms with Crippen molar-refractivity contribution in [1.29, 1.82) is 0 Å². The molecule has 210 valence electrons. The third-order valence-corrected chi connectivity index (χ3v) is 6.95. The molecule has 1 fully saturated rings. The van der Waals surface area contributed by atoms with Gasteiger partial charge in [0.2, 0.25) is 11.9 Å². The van der Waals surface area contributed by atoms with E-state index in [1.165, 1.54) is 0 Å². The summed E-state index contributed by atoms with van der Waals surface area (Å²) in [6, 6.07) is 17.0. The Kier molecular flexibility index (Phi) is 11.6. The van der Waals surface area contributed by atoms with Crippen molar-refractivity contribution in [2.24, 2.45) is 5.92 Å². The molecule has 2 aromatic carbocycles. The van der Waals surface area contributed by atoms with E-state index < -0.39 is 40.3 Å². The summed E-state index contributed by atoms with van der Waals surface area (Å²) in [5, 5.41) is 13.4. The first-order valence-electron chi connectivity index (χ1n) is 13.4. The van der Waals surface area contributed by atoms with Crippen LogP contribution < -0.4 is 10.8 Å². The summed E-state index contributed by atoms with van der Waals surface area (Å²) in [6.07, 6.45) is 1.02. The van der Waals surface area contributed by atoms with Crippen LogP contribution in [0, 0.1) is 5.92 Å². The van der Waals surface area contributed by atoms with Crippen LogP contribution in [-0.2, 0) is 37.2 Å². The Hall–Kier alpha value is -3.60. The fourth-order valence-corrected chi connectivity index (χ4v) is 4.80. The predicted molar refractivity (Wildman–Crippen MR) is 143 cm³/mol. The maximum absolute atomic E-state index is 14.0. The molecule has 1 heterocycles. The monoisotopic (exact) mass is 540 g/mol. The minimum absolute atomic E-state index is 0.0280. The molecule has 0 saturated carbocycles. The van der Waals surface area contributed by atoms with E-state index in [0.29, 0.717) is 12.8 Å². The summed E-state index contributed by atoms with van der Waals surface area (Å²) in [5.74, 6) is -2.87. The Morgan fingerprint density at radius 2 is 1.64 bits per heavy atom. The lowest BCUT2D eigenvalue weighted by atomic mass is 9.93. The van der Waals surface area contributed by atoms with Crippen LogP contribution in [0.3, 0.4) is 0 Å². The largest absolute Gasteiger partial charge is 0.521 e. The van der Waals surface area contributed by atoms with Crippen molar-refractivity contribution in [3.63, 3.8) is 0 Å². The number of carboxylic acid groups (broad SMARTS) is 1. The Morgan fingerprint density at radius 1 is 1.00 bits per heavy atom. The van der Waals surface area contributed by atoms with Crippen LogP contribution in [0.2, 0.25) is 0 Å². The number of rotatable bonds is 13. The number of benzene rings is 2. The van der Waals surface area contributed by atoms with Crippen molar-refractivity contribution >= 4 is 23.9 Å². The minimum atomic E-state index is -1.43. The number of piperazine rings is 1. The van der Waals surface area contributed by atoms with Gasteiger partial charge in [0.05, 0.1) is 19.1 Å². The van der Waals surface area contributed by atoms with Crippen molar-refractivity contribution in [3.8, 4) is 0 Å². The van der Waals surface area contributed by atoms with E-state index >= 15 is 0 Å². The van der Waals surface area contributed by atoms with Crippen LogP contribution in [-0.4, -0.2) is 59.1 Å². The standard InChI is InChI=1S/C29H37N3O7/c1-2-3-6-15-24(18-26(33)31-39-21-23-13-9-5-10-14-23)27(34)32(29(36)37)17-16-30-19-25(32)28(35)38-20-22-11-7-4-8-12-22/h4-5,7-14,24-25,30H,2-3,6,15-21H2,1H3,(H-,31,33,36,37)/p+1/t24-,25?,32+/m1/s1. The Balaban J connectivity index is 1.75. The molecule has 0 aliphatic carbocycles. The van der Waals surface area contributed by atoms with Gasteiger partial charge in [0, 0.05) is 13.0 Å². The number of amides is 3. The SMILES string of the molecule is CCCCC[C@H](CC(=O)NOCc1ccccc1)C(=O)[N@+]1(C(=O)O)CCNCC1C(=O)OCc1ccccc1. The van der Waals surface area contributed by atoms with E-state index in [-0.39, 0.29) is 39.3 Å². The van der Waals surface area contributed by atoms with E-state index in [1.807, 2.05) is 55.5 Å². The number of hydroxylamine groups is 1. The summed E-state index contributed by atoms with van der Waals surface area (Å²) >= 11 is 0. The third-order valence-electron chi connectivity index (χ3n) is 6.95. The zero-order chi connectivity index (χ0) is 28.1. The fraction of sp³-hybridized carbons (Fsp3) is 0.448. The number of quaternary nitrogens is 1. The molecule has 1 saturated heterocycles. The van der Waals surface area contributed by atoms with Crippen LogP contribution in [0.4, 0.5) is 4.79 Å². The van der Waals surface area contributed by atoms with Crippen LogP contribution in [0.25, 0.3) is 0 Å². The summed E-state index contributed by atoms with van der Waals surface area (Å²) in [4.78, 5) is 58.0. The zero-order valence-electron chi connectivity index (χ0n) is 22.3. The number of carbonyl (C=O) groups excluding carboxylic acids is 3. The molecule has 10 heteroatoms. The van der Waals surface area contributed by atoms with Gasteiger partial charge < -0.3 is 15.2 Å². The van der Waals surface area contributed by atoms with Gasteiger partial charge in [0.1, 0.15) is 13.2 Å². The van der Waals surface area contributed by atoms with E-state index in [1.54, 1.807) is 12.1 Å². The van der Waals surface area contributed by atoms with Gasteiger partial charge >= 0.3 is 18.0 Å². The topological polar surface area (TPSA) is 131 Å². The van der Waals surface area contributed by atoms with Crippen LogP contribution in [0.5, 0.6) is 0 Å². The lowest BCUT2D eigenvalue weighted by Crippen LogP contribution is -2.73. The second kappa shape index (κ2) is 15.1. The first-order valence-corrected chi connectivity index (χ1v) is 13.4. The number of ether oxygens (including phenoxy) is 1. The highest BCUT2D eigenvalue weighted by Crippen LogP contribution is 2.28. The average Bonchev–Trinajstić information content (AvgIpc) is 2.96. The molecule has 39 heavy (non-hydrogen) atoms. The summed E-state index contributed by atoms with van der Waals surface area (Å²) in [6.45, 7) is 2.20. The molecule has 10 nitrogen and oxygen atoms in total. The van der Waals surface area contributed by atoms with Gasteiger partial charge in [-0.2, -0.15) is 4.79 Å². The molecular weight excluding hydrogens is 502 g/mol. The molecule has 3 amide bonds. The Labute approximate surface area is 228 Å². The average molecular weight is 541 g/mol. The van der Waals surface area contributed by atoms with Crippen molar-refractivity contribution in [3.05, 3.63) is 71.8 Å². The maximum atomic E-state index is 14.0. The van der Waals surface area contributed by atoms with E-state index in [4.69, 9.17) is 9.57 Å². The molecule has 0 aromatic heterocycles. The number of carbonyl (C=O) groups is 4. The van der Waals surface area contributed by atoms with Gasteiger partial charge in [-0.05, 0) is 17.5 Å². The molecule has 3 N–H and O–H groups in total. The Bertz CT molecular complexity index is 1100. The molecule has 0 radical (unpaired) electrons. The highest BCUT2D eigenvalue weighted by atomic mass is 16.6. The lowest BCUT2D eigenvalue weighted by Gasteiger charge is -2.40. The molecule has 1 aliphatic rings. The van der Waals surface area contributed by atoms with Gasteiger partial charge in [0.25, 0.3) is 0 Å². The van der Waals surface area contributed by atoms with Crippen molar-refractivity contribution in [2.45, 2.75) is 58.3 Å². The highest BCUT2D eigenvalue weighted by Gasteiger charge is 2.58. The van der Waals surface area contributed by atoms with Crippen LogP contribution in [0.15, 0.2) is 60.7 Å². The summed E-state index contributed by atoms with van der Waals surface area (Å²) in [7, 11) is 0. The first-order chi connectivity index (χ1) is 18.9. The lowest BCUT2D eigenvalue weighted by molar-refractivity contribution is -0.804. The number of hydrogen-bond donors (Lipinski definition) is 3. The van der Waals surface area contributed by atoms with Crippen molar-refractivity contribution in [2.75, 3.05) is 19.6 Å². The smallest absolute Gasteiger partial charge is 0.456 e. The second-order valence-corrected chi connectivity index (χ2v) is 9.72. The molecule has 3 atom stereocenters. The zero-order valence-corrected chi connectivity index (χ0v) is 22.3. The van der Waals surface area contributed by atoms with Gasteiger partial charge in [-0.25, -0.2) is 15.1 Å². The molecule has 1 aliphatic heterocycles. The molecule has 0 spiro atoms. The fourth-order valence-electron chi connectivity index (χ4n) is 4.80. The van der Waals surface area contributed by atoms with Crippen molar-refractivity contribution in [1.82, 2.24) is 10.8 Å². The maximum Gasteiger partial charge on any atom is 0.521 e. The number of esters is 1. The van der Waals surface area contributed by atoms with Gasteiger partial charge in [-0.15, -0.1) is 4.48 Å². The first kappa shape index (κ1) is 29.9. The van der Waals surface area contributed by atoms with E-state index in [9.17, 15) is 24.3 Å². The molecular formula is C29H38N3O7+. The second-order valence-electron chi connectivity index (χ2n) is 9.72. The molecule has 1 unspecified atom stereocenters. The number of nitrogens with one attached hydrogen (secondary N) is 2. The number of unbranched alkanes of at least 4 members (excludes halogenated alkanes) is 2. The molecule has 0 bridgehead atoms. The van der Waals surface area contributed by atoms with Crippen LogP contribution >= 0.6 is 0 Å². The predicted octanol–water partition coefficient (Wildman–Crippen LogP) is 3.56. The van der Waals surface area contributed by atoms with Gasteiger partial charge in [0.15, 0.2) is 0 Å².